The number of nitrogens with two attached hydrogens (primary N) is 1. The molecule has 168 valence electrons. The first kappa shape index (κ1) is 23.5. The van der Waals surface area contributed by atoms with Gasteiger partial charge < -0.3 is 36.2 Å². The Morgan fingerprint density at radius 3 is 2.17 bits per heavy atom. The molecule has 30 heavy (non-hydrogen) atoms. The third kappa shape index (κ3) is 5.45. The number of likely N-dealkylation sites (tertiary alicyclic amines) is 2. The van der Waals surface area contributed by atoms with Gasteiger partial charge in [-0.1, -0.05) is 0 Å². The number of nitrogens with one attached hydrogen (secondary N) is 1. The number of aliphatic hydroxyl groups is 1. The van der Waals surface area contributed by atoms with Crippen LogP contribution in [0.25, 0.3) is 0 Å². The van der Waals surface area contributed by atoms with Gasteiger partial charge in [-0.2, -0.15) is 0 Å². The summed E-state index contributed by atoms with van der Waals surface area (Å²) in [7, 11) is 0. The lowest BCUT2D eigenvalue weighted by atomic mass is 10.1. The minimum Gasteiger partial charge on any atom is -0.481 e. The topological polar surface area (TPSA) is 191 Å². The molecule has 12 nitrogen and oxygen atoms in total. The van der Waals surface area contributed by atoms with E-state index in [2.05, 4.69) is 5.32 Å². The number of aliphatic carboxylic acids is 2. The molecule has 2 aliphatic heterocycles. The monoisotopic (exact) mass is 428 g/mol. The molecule has 0 saturated carbocycles. The van der Waals surface area contributed by atoms with Crippen LogP contribution >= 0.6 is 0 Å². The van der Waals surface area contributed by atoms with E-state index < -0.39 is 60.4 Å². The summed E-state index contributed by atoms with van der Waals surface area (Å²) in [6, 6.07) is -4.18. The Balaban J connectivity index is 2.06. The van der Waals surface area contributed by atoms with Gasteiger partial charge in [-0.15, -0.1) is 0 Å². The lowest BCUT2D eigenvalue weighted by Gasteiger charge is -2.32. The van der Waals surface area contributed by atoms with Crippen LogP contribution in [0.4, 0.5) is 0 Å². The largest absolute Gasteiger partial charge is 0.481 e. The van der Waals surface area contributed by atoms with Gasteiger partial charge in [-0.05, 0) is 32.1 Å². The summed E-state index contributed by atoms with van der Waals surface area (Å²) in [4.78, 5) is 62.6. The average molecular weight is 428 g/mol. The predicted molar refractivity (Wildman–Crippen MR) is 101 cm³/mol. The molecular formula is C18H28N4O8. The fraction of sp³-hybridized carbons (Fsp3) is 0.722. The van der Waals surface area contributed by atoms with E-state index in [4.69, 9.17) is 21.1 Å². The summed E-state index contributed by atoms with van der Waals surface area (Å²) in [6.45, 7) is -0.176. The highest BCUT2D eigenvalue weighted by atomic mass is 16.4. The van der Waals surface area contributed by atoms with Crippen LogP contribution in [0.5, 0.6) is 0 Å². The number of hydrogen-bond donors (Lipinski definition) is 5. The van der Waals surface area contributed by atoms with Crippen molar-refractivity contribution in [3.05, 3.63) is 0 Å². The Kier molecular flexibility index (Phi) is 8.12. The molecule has 0 aromatic heterocycles. The molecule has 4 atom stereocenters. The van der Waals surface area contributed by atoms with E-state index in [0.29, 0.717) is 32.2 Å². The highest BCUT2D eigenvalue weighted by molar-refractivity contribution is 5.95. The zero-order chi connectivity index (χ0) is 22.4. The van der Waals surface area contributed by atoms with E-state index in [0.717, 1.165) is 0 Å². The van der Waals surface area contributed by atoms with Crippen LogP contribution < -0.4 is 11.1 Å². The molecule has 0 bridgehead atoms. The van der Waals surface area contributed by atoms with Crippen LogP contribution in [0, 0.1) is 0 Å². The van der Waals surface area contributed by atoms with Gasteiger partial charge >= 0.3 is 11.9 Å². The number of amides is 3. The number of carboxylic acids is 2. The summed E-state index contributed by atoms with van der Waals surface area (Å²) in [5.74, 6) is -4.04. The second kappa shape index (κ2) is 10.3. The van der Waals surface area contributed by atoms with Crippen molar-refractivity contribution in [1.29, 1.82) is 0 Å². The molecule has 0 aromatic rings. The molecule has 2 fully saturated rings. The van der Waals surface area contributed by atoms with E-state index in [9.17, 15) is 24.0 Å². The van der Waals surface area contributed by atoms with Crippen molar-refractivity contribution in [3.8, 4) is 0 Å². The van der Waals surface area contributed by atoms with Crippen molar-refractivity contribution in [1.82, 2.24) is 15.1 Å². The molecule has 4 unspecified atom stereocenters. The van der Waals surface area contributed by atoms with Gasteiger partial charge in [0.1, 0.15) is 18.1 Å². The quantitative estimate of drug-likeness (QED) is 0.269. The maximum Gasteiger partial charge on any atom is 0.328 e. The summed E-state index contributed by atoms with van der Waals surface area (Å²) in [5, 5.41) is 29.1. The van der Waals surface area contributed by atoms with Crippen molar-refractivity contribution in [2.45, 2.75) is 62.7 Å². The first-order valence-corrected chi connectivity index (χ1v) is 9.89. The lowest BCUT2D eigenvalue weighted by Crippen LogP contribution is -2.56. The number of hydrogen-bond acceptors (Lipinski definition) is 7. The van der Waals surface area contributed by atoms with Gasteiger partial charge in [0.25, 0.3) is 0 Å². The second-order valence-corrected chi connectivity index (χ2v) is 7.50. The highest BCUT2D eigenvalue weighted by Gasteiger charge is 2.43. The van der Waals surface area contributed by atoms with Crippen LogP contribution in [-0.2, 0) is 24.0 Å². The molecule has 2 rings (SSSR count). The molecule has 3 amide bonds. The van der Waals surface area contributed by atoms with Gasteiger partial charge in [-0.3, -0.25) is 19.2 Å². The normalized spacial score (nSPS) is 23.1. The van der Waals surface area contributed by atoms with Gasteiger partial charge in [0, 0.05) is 19.5 Å². The van der Waals surface area contributed by atoms with Crippen molar-refractivity contribution in [2.75, 3.05) is 19.7 Å². The lowest BCUT2D eigenvalue weighted by molar-refractivity contribution is -0.148. The van der Waals surface area contributed by atoms with Crippen LogP contribution in [0.1, 0.15) is 38.5 Å². The van der Waals surface area contributed by atoms with E-state index in [1.54, 1.807) is 0 Å². The smallest absolute Gasteiger partial charge is 0.328 e. The molecular weight excluding hydrogens is 400 g/mol. The minimum absolute atomic E-state index is 0.0436. The third-order valence-corrected chi connectivity index (χ3v) is 5.44. The average Bonchev–Trinajstić information content (AvgIpc) is 3.38. The molecule has 0 spiro atoms. The Bertz CT molecular complexity index is 700. The molecule has 12 heteroatoms. The Hall–Kier alpha value is -2.73. The van der Waals surface area contributed by atoms with Crippen molar-refractivity contribution >= 4 is 29.7 Å². The Morgan fingerprint density at radius 1 is 1.00 bits per heavy atom. The fourth-order valence-corrected chi connectivity index (χ4v) is 3.85. The number of carbonyl (C=O) groups is 5. The maximum absolute atomic E-state index is 13.1. The Labute approximate surface area is 173 Å². The number of nitrogens with zero attached hydrogens (tertiary/aromatic N) is 2. The summed E-state index contributed by atoms with van der Waals surface area (Å²) < 4.78 is 0. The molecule has 6 N–H and O–H groups in total. The maximum atomic E-state index is 13.1. The van der Waals surface area contributed by atoms with Crippen LogP contribution in [0.15, 0.2) is 0 Å². The summed E-state index contributed by atoms with van der Waals surface area (Å²) >= 11 is 0. The number of carboxylic acid groups (broad SMARTS) is 2. The number of rotatable bonds is 9. The number of carbonyl (C=O) groups excluding carboxylic acids is 3. The third-order valence-electron chi connectivity index (χ3n) is 5.44. The highest BCUT2D eigenvalue weighted by Crippen LogP contribution is 2.25. The molecule has 2 heterocycles. The molecule has 0 aliphatic carbocycles. The second-order valence-electron chi connectivity index (χ2n) is 7.50. The van der Waals surface area contributed by atoms with Gasteiger partial charge in [0.2, 0.25) is 17.7 Å². The molecule has 2 aliphatic rings. The van der Waals surface area contributed by atoms with E-state index >= 15 is 0 Å². The minimum atomic E-state index is -1.47. The number of aliphatic hydroxyl groups excluding tert-OH is 1. The Morgan fingerprint density at radius 2 is 1.60 bits per heavy atom. The molecule has 0 aromatic carbocycles. The first-order chi connectivity index (χ1) is 14.2. The molecule has 0 radical (unpaired) electrons. The van der Waals surface area contributed by atoms with Gasteiger partial charge in [-0.25, -0.2) is 4.79 Å². The van der Waals surface area contributed by atoms with Crippen molar-refractivity contribution in [3.63, 3.8) is 0 Å². The molecule has 2 saturated heterocycles. The van der Waals surface area contributed by atoms with Crippen LogP contribution in [0.3, 0.4) is 0 Å². The fourth-order valence-electron chi connectivity index (χ4n) is 3.85. The first-order valence-electron chi connectivity index (χ1n) is 9.89. The van der Waals surface area contributed by atoms with E-state index in [-0.39, 0.29) is 19.4 Å². The standard InChI is InChI=1S/C18H28N4O8/c19-10(5-6-14(24)25)16(27)22-8-2-4-13(22)17(28)21-7-1-3-12(21)15(26)20-11(9-23)18(29)30/h10-13,23H,1-9,19H2,(H,20,26)(H,24,25)(H,29,30). The predicted octanol–water partition coefficient (Wildman–Crippen LogP) is -2.28. The van der Waals surface area contributed by atoms with Crippen LogP contribution in [-0.4, -0.2) is 98.6 Å². The zero-order valence-electron chi connectivity index (χ0n) is 16.5. The van der Waals surface area contributed by atoms with Crippen molar-refractivity contribution < 1.29 is 39.3 Å². The van der Waals surface area contributed by atoms with Gasteiger partial charge in [0.05, 0.1) is 12.6 Å². The summed E-state index contributed by atoms with van der Waals surface area (Å²) in [6.07, 6.45) is 1.55. The van der Waals surface area contributed by atoms with E-state index in [1.165, 1.54) is 9.80 Å². The van der Waals surface area contributed by atoms with Crippen molar-refractivity contribution in [2.24, 2.45) is 5.73 Å². The summed E-state index contributed by atoms with van der Waals surface area (Å²) in [5.41, 5.74) is 5.81. The van der Waals surface area contributed by atoms with E-state index in [1.807, 2.05) is 0 Å². The SMILES string of the molecule is NC(CCC(=O)O)C(=O)N1CCCC1C(=O)N1CCCC1C(=O)NC(CO)C(=O)O. The van der Waals surface area contributed by atoms with Crippen LogP contribution in [0.2, 0.25) is 0 Å². The van der Waals surface area contributed by atoms with Gasteiger partial charge in [0.15, 0.2) is 0 Å². The zero-order valence-corrected chi connectivity index (χ0v) is 16.5.